The molecular weight excluding hydrogens is 206 g/mol. The van der Waals surface area contributed by atoms with E-state index in [0.717, 1.165) is 5.56 Å². The van der Waals surface area contributed by atoms with Crippen LogP contribution in [0, 0.1) is 11.3 Å². The Kier molecular flexibility index (Phi) is 2.66. The molecule has 2 N–H and O–H groups in total. The van der Waals surface area contributed by atoms with Gasteiger partial charge < -0.3 is 5.73 Å². The van der Waals surface area contributed by atoms with Crippen LogP contribution in [-0.2, 0) is 7.05 Å². The first-order chi connectivity index (χ1) is 7.74. The molecule has 7 heteroatoms. The first-order valence-electron chi connectivity index (χ1n) is 4.74. The minimum atomic E-state index is -0.136. The minimum absolute atomic E-state index is 0.136. The molecule has 16 heavy (non-hydrogen) atoms. The molecule has 0 aliphatic rings. The van der Waals surface area contributed by atoms with E-state index in [1.54, 1.807) is 15.6 Å². The lowest BCUT2D eigenvalue weighted by Crippen LogP contribution is -2.20. The zero-order valence-electron chi connectivity index (χ0n) is 8.78. The van der Waals surface area contributed by atoms with E-state index in [1.807, 2.05) is 19.3 Å². The summed E-state index contributed by atoms with van der Waals surface area (Å²) in [5.74, 6) is 0.141. The normalized spacial score (nSPS) is 12.3. The van der Waals surface area contributed by atoms with Crippen LogP contribution in [0.2, 0.25) is 0 Å². The number of hydrogen-bond acceptors (Lipinski definition) is 5. The van der Waals surface area contributed by atoms with E-state index < -0.39 is 0 Å². The van der Waals surface area contributed by atoms with Crippen molar-refractivity contribution >= 4 is 0 Å². The molecule has 1 atom stereocenters. The number of hydrogen-bond donors (Lipinski definition) is 1. The van der Waals surface area contributed by atoms with Crippen molar-refractivity contribution in [2.45, 2.75) is 6.04 Å². The molecule has 0 saturated heterocycles. The third-order valence-electron chi connectivity index (χ3n) is 2.26. The van der Waals surface area contributed by atoms with Gasteiger partial charge >= 0.3 is 0 Å². The number of aromatic nitrogens is 5. The van der Waals surface area contributed by atoms with Crippen LogP contribution in [0.15, 0.2) is 18.7 Å². The molecule has 2 heterocycles. The van der Waals surface area contributed by atoms with E-state index in [-0.39, 0.29) is 11.9 Å². The Morgan fingerprint density at radius 1 is 1.62 bits per heavy atom. The van der Waals surface area contributed by atoms with Gasteiger partial charge in [0.2, 0.25) is 0 Å². The van der Waals surface area contributed by atoms with Gasteiger partial charge in [-0.3, -0.25) is 4.68 Å². The van der Waals surface area contributed by atoms with Gasteiger partial charge in [-0.15, -0.1) is 5.10 Å². The first-order valence-corrected chi connectivity index (χ1v) is 4.74. The maximum Gasteiger partial charge on any atom is 0.252 e. The van der Waals surface area contributed by atoms with Gasteiger partial charge in [-0.25, -0.2) is 9.67 Å². The minimum Gasteiger partial charge on any atom is -0.328 e. The Hall–Kier alpha value is -2.20. The second kappa shape index (κ2) is 4.12. The SMILES string of the molecule is Cn1cc(C(CN)n2cnc(C#N)n2)cn1. The standard InChI is InChI=1S/C9H11N7/c1-15-5-7(4-13-15)8(2-10)16-6-12-9(3-11)14-16/h4-6,8H,2,10H2,1H3. The molecule has 0 amide bonds. The summed E-state index contributed by atoms with van der Waals surface area (Å²) in [6.45, 7) is 0.375. The molecule has 82 valence electrons. The zero-order valence-corrected chi connectivity index (χ0v) is 8.78. The summed E-state index contributed by atoms with van der Waals surface area (Å²) < 4.78 is 3.27. The molecule has 0 spiro atoms. The van der Waals surface area contributed by atoms with Crippen molar-refractivity contribution in [3.05, 3.63) is 30.1 Å². The zero-order chi connectivity index (χ0) is 11.5. The number of rotatable bonds is 3. The Labute approximate surface area is 92.1 Å². The van der Waals surface area contributed by atoms with Crippen LogP contribution >= 0.6 is 0 Å². The van der Waals surface area contributed by atoms with E-state index in [1.165, 1.54) is 6.33 Å². The predicted molar refractivity (Wildman–Crippen MR) is 55.1 cm³/mol. The summed E-state index contributed by atoms with van der Waals surface area (Å²) in [7, 11) is 1.83. The summed E-state index contributed by atoms with van der Waals surface area (Å²) in [6, 6.07) is 1.74. The maximum atomic E-state index is 8.64. The van der Waals surface area contributed by atoms with Gasteiger partial charge in [0.15, 0.2) is 0 Å². The van der Waals surface area contributed by atoms with Gasteiger partial charge in [-0.05, 0) is 0 Å². The van der Waals surface area contributed by atoms with Gasteiger partial charge in [0.25, 0.3) is 5.82 Å². The molecular formula is C9H11N7. The molecule has 0 aliphatic carbocycles. The lowest BCUT2D eigenvalue weighted by molar-refractivity contribution is 0.529. The fourth-order valence-electron chi connectivity index (χ4n) is 1.49. The summed E-state index contributed by atoms with van der Waals surface area (Å²) in [5.41, 5.74) is 6.63. The molecule has 2 rings (SSSR count). The van der Waals surface area contributed by atoms with Gasteiger partial charge in [0.05, 0.1) is 12.2 Å². The van der Waals surface area contributed by atoms with Crippen LogP contribution in [0.1, 0.15) is 17.4 Å². The fourth-order valence-corrected chi connectivity index (χ4v) is 1.49. The van der Waals surface area contributed by atoms with Crippen molar-refractivity contribution < 1.29 is 0 Å². The van der Waals surface area contributed by atoms with Crippen molar-refractivity contribution in [1.82, 2.24) is 24.5 Å². The van der Waals surface area contributed by atoms with Crippen molar-refractivity contribution in [3.63, 3.8) is 0 Å². The van der Waals surface area contributed by atoms with Crippen LogP contribution in [0.5, 0.6) is 0 Å². The second-order valence-corrected chi connectivity index (χ2v) is 3.36. The molecule has 0 radical (unpaired) electrons. The summed E-state index contributed by atoms with van der Waals surface area (Å²) in [5, 5.41) is 16.7. The van der Waals surface area contributed by atoms with Crippen molar-refractivity contribution in [2.24, 2.45) is 12.8 Å². The van der Waals surface area contributed by atoms with Crippen LogP contribution in [-0.4, -0.2) is 31.1 Å². The average Bonchev–Trinajstić information content (AvgIpc) is 2.89. The number of aryl methyl sites for hydroxylation is 1. The smallest absolute Gasteiger partial charge is 0.252 e. The Morgan fingerprint density at radius 3 is 2.94 bits per heavy atom. The summed E-state index contributed by atoms with van der Waals surface area (Å²) in [4.78, 5) is 3.84. The maximum absolute atomic E-state index is 8.64. The highest BCUT2D eigenvalue weighted by atomic mass is 15.4. The number of nitrogens with zero attached hydrogens (tertiary/aromatic N) is 6. The highest BCUT2D eigenvalue weighted by molar-refractivity contribution is 5.13. The van der Waals surface area contributed by atoms with Gasteiger partial charge in [-0.2, -0.15) is 10.4 Å². The lowest BCUT2D eigenvalue weighted by Gasteiger charge is -2.11. The first kappa shape index (κ1) is 10.3. The topological polar surface area (TPSA) is 98.3 Å². The largest absolute Gasteiger partial charge is 0.328 e. The molecule has 1 unspecified atom stereocenters. The van der Waals surface area contributed by atoms with E-state index in [9.17, 15) is 0 Å². The Bertz CT molecular complexity index is 518. The fraction of sp³-hybridized carbons (Fsp3) is 0.333. The molecule has 0 bridgehead atoms. The number of nitrogens with two attached hydrogens (primary N) is 1. The van der Waals surface area contributed by atoms with Crippen LogP contribution < -0.4 is 5.73 Å². The Morgan fingerprint density at radius 2 is 2.44 bits per heavy atom. The van der Waals surface area contributed by atoms with E-state index >= 15 is 0 Å². The molecule has 0 aromatic carbocycles. The second-order valence-electron chi connectivity index (χ2n) is 3.36. The summed E-state index contributed by atoms with van der Waals surface area (Å²) >= 11 is 0. The van der Waals surface area contributed by atoms with Crippen LogP contribution in [0.4, 0.5) is 0 Å². The summed E-state index contributed by atoms with van der Waals surface area (Å²) in [6.07, 6.45) is 5.10. The number of nitriles is 1. The highest BCUT2D eigenvalue weighted by Gasteiger charge is 2.15. The van der Waals surface area contributed by atoms with Gasteiger partial charge in [-0.1, -0.05) is 0 Å². The third kappa shape index (κ3) is 1.78. The van der Waals surface area contributed by atoms with Crippen molar-refractivity contribution in [2.75, 3.05) is 6.54 Å². The quantitative estimate of drug-likeness (QED) is 0.742. The molecule has 2 aromatic rings. The van der Waals surface area contributed by atoms with E-state index in [0.29, 0.717) is 6.54 Å². The van der Waals surface area contributed by atoms with Crippen molar-refractivity contribution in [3.8, 4) is 6.07 Å². The lowest BCUT2D eigenvalue weighted by atomic mass is 10.2. The van der Waals surface area contributed by atoms with E-state index in [2.05, 4.69) is 15.2 Å². The van der Waals surface area contributed by atoms with Crippen molar-refractivity contribution in [1.29, 1.82) is 5.26 Å². The highest BCUT2D eigenvalue weighted by Crippen LogP contribution is 2.14. The molecule has 0 fully saturated rings. The monoisotopic (exact) mass is 217 g/mol. The average molecular weight is 217 g/mol. The molecule has 0 aliphatic heterocycles. The molecule has 7 nitrogen and oxygen atoms in total. The van der Waals surface area contributed by atoms with Gasteiger partial charge in [0.1, 0.15) is 12.4 Å². The molecule has 0 saturated carbocycles. The van der Waals surface area contributed by atoms with Gasteiger partial charge in [0, 0.05) is 25.4 Å². The van der Waals surface area contributed by atoms with E-state index in [4.69, 9.17) is 11.0 Å². The predicted octanol–water partition coefficient (Wildman–Crippen LogP) is -0.569. The van der Waals surface area contributed by atoms with Crippen LogP contribution in [0.3, 0.4) is 0 Å². The Balaban J connectivity index is 2.33. The molecule has 2 aromatic heterocycles. The third-order valence-corrected chi connectivity index (χ3v) is 2.26. The van der Waals surface area contributed by atoms with Crippen LogP contribution in [0.25, 0.3) is 0 Å².